The van der Waals surface area contributed by atoms with Crippen molar-refractivity contribution in [3.8, 4) is 0 Å². The van der Waals surface area contributed by atoms with Crippen LogP contribution in [0.1, 0.15) is 11.8 Å². The molecule has 1 aliphatic rings. The maximum absolute atomic E-state index is 10.4. The highest BCUT2D eigenvalue weighted by molar-refractivity contribution is 8.08. The Hall–Kier alpha value is -2.04. The minimum Gasteiger partial charge on any atom is -0.352 e. The van der Waals surface area contributed by atoms with Crippen LogP contribution in [0.5, 0.6) is 0 Å². The van der Waals surface area contributed by atoms with Crippen LogP contribution in [0.25, 0.3) is 15.9 Å². The number of fused-ring (bicyclic) bond motifs is 3. The van der Waals surface area contributed by atoms with E-state index in [1.807, 2.05) is 53.1 Å². The molecule has 3 aromatic rings. The summed E-state index contributed by atoms with van der Waals surface area (Å²) >= 11 is 1.65. The van der Waals surface area contributed by atoms with Gasteiger partial charge in [-0.25, -0.2) is 4.98 Å². The molecule has 0 bridgehead atoms. The van der Waals surface area contributed by atoms with Crippen LogP contribution in [0.3, 0.4) is 0 Å². The quantitative estimate of drug-likeness (QED) is 0.673. The lowest BCUT2D eigenvalue weighted by Crippen LogP contribution is -2.41. The Bertz CT molecular complexity index is 808. The van der Waals surface area contributed by atoms with Crippen molar-refractivity contribution in [3.63, 3.8) is 0 Å². The fraction of sp³-hybridized carbons (Fsp3) is 0.0625. The number of aromatic nitrogens is 2. The van der Waals surface area contributed by atoms with Gasteiger partial charge in [-0.3, -0.25) is 0 Å². The predicted molar refractivity (Wildman–Crippen MR) is 80.0 cm³/mol. The van der Waals surface area contributed by atoms with Gasteiger partial charge in [0, 0.05) is 11.0 Å². The van der Waals surface area contributed by atoms with Gasteiger partial charge in [-0.1, -0.05) is 42.5 Å². The first-order valence-corrected chi connectivity index (χ1v) is 7.30. The van der Waals surface area contributed by atoms with Crippen molar-refractivity contribution in [3.05, 3.63) is 66.2 Å². The third kappa shape index (κ3) is 1.77. The van der Waals surface area contributed by atoms with Crippen LogP contribution in [0, 0.1) is 0 Å². The minimum absolute atomic E-state index is 0.641. The minimum atomic E-state index is -0.641. The van der Waals surface area contributed by atoms with Gasteiger partial charge < -0.3 is 5.11 Å². The second-order valence-electron chi connectivity index (χ2n) is 4.73. The molecule has 4 heteroatoms. The summed E-state index contributed by atoms with van der Waals surface area (Å²) in [6.45, 7) is 0. The molecule has 1 aliphatic heterocycles. The second-order valence-corrected chi connectivity index (χ2v) is 5.76. The number of aliphatic hydroxyl groups excluding tert-OH is 1. The number of benzene rings is 2. The normalized spacial score (nSPS) is 17.9. The van der Waals surface area contributed by atoms with Crippen LogP contribution in [0.2, 0.25) is 0 Å². The molecule has 0 saturated carbocycles. The van der Waals surface area contributed by atoms with Gasteiger partial charge in [-0.15, -0.1) is 0 Å². The van der Waals surface area contributed by atoms with E-state index in [0.717, 1.165) is 26.7 Å². The highest BCUT2D eigenvalue weighted by atomic mass is 32.2. The number of H-pyrrole nitrogens is 1. The highest BCUT2D eigenvalue weighted by Crippen LogP contribution is 2.37. The second kappa shape index (κ2) is 4.51. The monoisotopic (exact) mass is 281 g/mol. The Morgan fingerprint density at radius 3 is 2.60 bits per heavy atom. The van der Waals surface area contributed by atoms with Crippen molar-refractivity contribution >= 4 is 27.7 Å². The Morgan fingerprint density at radius 2 is 1.75 bits per heavy atom. The Labute approximate surface area is 120 Å². The Morgan fingerprint density at radius 1 is 1.00 bits per heavy atom. The van der Waals surface area contributed by atoms with E-state index >= 15 is 0 Å². The molecule has 0 spiro atoms. The molecular weight excluding hydrogens is 268 g/mol. The van der Waals surface area contributed by atoms with E-state index in [4.69, 9.17) is 0 Å². The van der Waals surface area contributed by atoms with Crippen LogP contribution in [-0.4, -0.2) is 10.1 Å². The van der Waals surface area contributed by atoms with E-state index < -0.39 is 6.23 Å². The summed E-state index contributed by atoms with van der Waals surface area (Å²) in [4.78, 5) is 4.45. The number of rotatable bonds is 1. The number of aliphatic hydroxyl groups is 1. The van der Waals surface area contributed by atoms with Gasteiger partial charge in [0.25, 0.3) is 0 Å². The molecule has 0 fully saturated rings. The molecule has 1 atom stereocenters. The Kier molecular flexibility index (Phi) is 2.65. The number of hydrogen-bond acceptors (Lipinski definition) is 2. The lowest BCUT2D eigenvalue weighted by Gasteiger charge is -2.14. The summed E-state index contributed by atoms with van der Waals surface area (Å²) in [7, 11) is 0. The largest absolute Gasteiger partial charge is 0.352 e. The van der Waals surface area contributed by atoms with E-state index in [1.165, 1.54) is 0 Å². The van der Waals surface area contributed by atoms with Crippen molar-refractivity contribution in [1.29, 1.82) is 0 Å². The standard InChI is InChI=1S/C16H12N2OS/c19-15-10-14(11-6-2-1-3-7-11)20-16-17-12-8-4-5-9-13(12)18(15)16/h1-10,15,19H/p+1. The first-order valence-electron chi connectivity index (χ1n) is 6.48. The molecule has 0 aliphatic carbocycles. The third-order valence-corrected chi connectivity index (χ3v) is 4.54. The van der Waals surface area contributed by atoms with Crippen molar-refractivity contribution in [2.24, 2.45) is 0 Å². The maximum atomic E-state index is 10.4. The Balaban J connectivity index is 1.85. The number of imidazole rings is 1. The fourth-order valence-corrected chi connectivity index (χ4v) is 3.63. The lowest BCUT2D eigenvalue weighted by molar-refractivity contribution is -0.758. The molecule has 3 nitrogen and oxygen atoms in total. The molecule has 20 heavy (non-hydrogen) atoms. The zero-order valence-corrected chi connectivity index (χ0v) is 11.5. The molecule has 2 N–H and O–H groups in total. The zero-order valence-electron chi connectivity index (χ0n) is 10.7. The molecule has 2 aromatic carbocycles. The van der Waals surface area contributed by atoms with Crippen LogP contribution in [0.15, 0.2) is 65.8 Å². The van der Waals surface area contributed by atoms with E-state index in [-0.39, 0.29) is 0 Å². The summed E-state index contributed by atoms with van der Waals surface area (Å²) in [5.74, 6) is 0. The van der Waals surface area contributed by atoms with Crippen molar-refractivity contribution in [2.45, 2.75) is 11.4 Å². The van der Waals surface area contributed by atoms with Crippen LogP contribution < -0.4 is 4.57 Å². The summed E-state index contributed by atoms with van der Waals surface area (Å²) in [5.41, 5.74) is 3.18. The van der Waals surface area contributed by atoms with Gasteiger partial charge in [0.15, 0.2) is 11.0 Å². The van der Waals surface area contributed by atoms with Crippen molar-refractivity contribution in [2.75, 3.05) is 0 Å². The third-order valence-electron chi connectivity index (χ3n) is 3.45. The summed E-state index contributed by atoms with van der Waals surface area (Å²) in [5, 5.41) is 11.4. The van der Waals surface area contributed by atoms with Crippen LogP contribution in [0.4, 0.5) is 0 Å². The molecule has 1 unspecified atom stereocenters. The zero-order chi connectivity index (χ0) is 13.5. The molecule has 0 amide bonds. The fourth-order valence-electron chi connectivity index (χ4n) is 2.52. The topological polar surface area (TPSA) is 39.9 Å². The summed E-state index contributed by atoms with van der Waals surface area (Å²) in [6.07, 6.45) is 1.26. The lowest BCUT2D eigenvalue weighted by atomic mass is 10.2. The molecule has 98 valence electrons. The summed E-state index contributed by atoms with van der Waals surface area (Å²) in [6, 6.07) is 18.2. The van der Waals surface area contributed by atoms with E-state index in [1.54, 1.807) is 11.8 Å². The van der Waals surface area contributed by atoms with Gasteiger partial charge in [0.2, 0.25) is 6.23 Å². The highest BCUT2D eigenvalue weighted by Gasteiger charge is 2.29. The number of para-hydroxylation sites is 2. The first kappa shape index (κ1) is 11.8. The van der Waals surface area contributed by atoms with Gasteiger partial charge in [0.1, 0.15) is 0 Å². The van der Waals surface area contributed by atoms with Crippen molar-refractivity contribution < 1.29 is 9.67 Å². The number of thioether (sulfide) groups is 1. The first-order chi connectivity index (χ1) is 9.83. The number of aromatic amines is 1. The van der Waals surface area contributed by atoms with E-state index in [0.29, 0.717) is 0 Å². The predicted octanol–water partition coefficient (Wildman–Crippen LogP) is 3.09. The molecule has 2 heterocycles. The van der Waals surface area contributed by atoms with Gasteiger partial charge in [0.05, 0.1) is 0 Å². The number of nitrogens with one attached hydrogen (secondary N) is 1. The van der Waals surface area contributed by atoms with Crippen LogP contribution in [-0.2, 0) is 0 Å². The van der Waals surface area contributed by atoms with Gasteiger partial charge in [-0.2, -0.15) is 4.57 Å². The average Bonchev–Trinajstić information content (AvgIpc) is 2.87. The number of hydrogen-bond donors (Lipinski definition) is 2. The van der Waals surface area contributed by atoms with Gasteiger partial charge in [-0.05, 0) is 29.5 Å². The SMILES string of the molecule is OC1C=C(c2ccccc2)Sc2[nH]c3ccccc3[n+]21. The molecule has 1 aromatic heterocycles. The van der Waals surface area contributed by atoms with Gasteiger partial charge >= 0.3 is 5.16 Å². The van der Waals surface area contributed by atoms with Crippen LogP contribution >= 0.6 is 11.8 Å². The smallest absolute Gasteiger partial charge is 0.324 e. The number of nitrogens with zero attached hydrogens (tertiary/aromatic N) is 1. The molecule has 0 saturated heterocycles. The summed E-state index contributed by atoms with van der Waals surface area (Å²) < 4.78 is 1.92. The maximum Gasteiger partial charge on any atom is 0.324 e. The van der Waals surface area contributed by atoms with Crippen molar-refractivity contribution in [1.82, 2.24) is 4.98 Å². The van der Waals surface area contributed by atoms with E-state index in [2.05, 4.69) is 17.1 Å². The van der Waals surface area contributed by atoms with E-state index in [9.17, 15) is 5.11 Å². The molecular formula is C16H13N2OS+. The average molecular weight is 281 g/mol. The molecule has 4 rings (SSSR count). The molecule has 0 radical (unpaired) electrons.